The van der Waals surface area contributed by atoms with Crippen molar-refractivity contribution in [3.8, 4) is 11.3 Å². The normalized spacial score (nSPS) is 11.0. The summed E-state index contributed by atoms with van der Waals surface area (Å²) in [5, 5.41) is 13.9. The van der Waals surface area contributed by atoms with Crippen LogP contribution in [0.4, 0.5) is 21.9 Å². The van der Waals surface area contributed by atoms with Crippen LogP contribution in [-0.2, 0) is 4.74 Å². The maximum atomic E-state index is 11.9. The zero-order valence-corrected chi connectivity index (χ0v) is 14.6. The van der Waals surface area contributed by atoms with Gasteiger partial charge < -0.3 is 10.5 Å². The van der Waals surface area contributed by atoms with Crippen LogP contribution in [0.15, 0.2) is 30.3 Å². The highest BCUT2D eigenvalue weighted by Crippen LogP contribution is 2.35. The lowest BCUT2D eigenvalue weighted by Crippen LogP contribution is -2.27. The molecule has 1 heterocycles. The molecule has 8 nitrogen and oxygen atoms in total. The second kappa shape index (κ2) is 6.94. The van der Waals surface area contributed by atoms with Crippen LogP contribution >= 0.6 is 11.6 Å². The molecular weight excluding hydrogens is 348 g/mol. The molecule has 0 saturated carbocycles. The van der Waals surface area contributed by atoms with E-state index in [1.165, 1.54) is 12.1 Å². The monoisotopic (exact) mass is 364 g/mol. The van der Waals surface area contributed by atoms with Crippen LogP contribution in [0.1, 0.15) is 20.8 Å². The molecule has 1 aromatic heterocycles. The van der Waals surface area contributed by atoms with Gasteiger partial charge in [-0.15, -0.1) is 0 Å². The fourth-order valence-corrected chi connectivity index (χ4v) is 2.29. The van der Waals surface area contributed by atoms with Gasteiger partial charge in [0.15, 0.2) is 5.69 Å². The van der Waals surface area contributed by atoms with E-state index in [-0.39, 0.29) is 22.2 Å². The Bertz CT molecular complexity index is 833. The van der Waals surface area contributed by atoms with E-state index >= 15 is 0 Å². The molecule has 0 radical (unpaired) electrons. The maximum Gasteiger partial charge on any atom is 0.412 e. The molecule has 0 aliphatic heterocycles. The molecule has 0 aliphatic carbocycles. The van der Waals surface area contributed by atoms with Gasteiger partial charge in [-0.05, 0) is 32.9 Å². The third kappa shape index (κ3) is 4.80. The number of aromatic nitrogens is 1. The fourth-order valence-electron chi connectivity index (χ4n) is 2.08. The van der Waals surface area contributed by atoms with Crippen LogP contribution in [0, 0.1) is 10.1 Å². The molecule has 0 bridgehead atoms. The largest absolute Gasteiger partial charge is 0.444 e. The van der Waals surface area contributed by atoms with E-state index in [2.05, 4.69) is 10.3 Å². The molecule has 0 spiro atoms. The molecule has 2 rings (SSSR count). The molecule has 25 heavy (non-hydrogen) atoms. The summed E-state index contributed by atoms with van der Waals surface area (Å²) >= 11 is 5.87. The number of ether oxygens (including phenoxy) is 1. The number of hydrogen-bond donors (Lipinski definition) is 2. The molecule has 132 valence electrons. The second-order valence-corrected chi connectivity index (χ2v) is 6.58. The summed E-state index contributed by atoms with van der Waals surface area (Å²) < 4.78 is 5.17. The molecule has 0 fully saturated rings. The lowest BCUT2D eigenvalue weighted by molar-refractivity contribution is -0.383. The Balaban J connectivity index is 2.40. The summed E-state index contributed by atoms with van der Waals surface area (Å²) in [6.45, 7) is 5.22. The van der Waals surface area contributed by atoms with Crippen molar-refractivity contribution < 1.29 is 14.5 Å². The van der Waals surface area contributed by atoms with Crippen molar-refractivity contribution in [2.24, 2.45) is 0 Å². The Morgan fingerprint density at radius 1 is 1.36 bits per heavy atom. The van der Waals surface area contributed by atoms with Crippen LogP contribution in [0.5, 0.6) is 0 Å². The highest BCUT2D eigenvalue weighted by Gasteiger charge is 2.23. The van der Waals surface area contributed by atoms with Crippen LogP contribution < -0.4 is 11.1 Å². The minimum atomic E-state index is -0.649. The second-order valence-electron chi connectivity index (χ2n) is 6.20. The zero-order valence-electron chi connectivity index (χ0n) is 13.9. The molecule has 0 aliphatic rings. The number of benzene rings is 1. The number of hydrogen-bond acceptors (Lipinski definition) is 6. The fraction of sp³-hybridized carbons (Fsp3) is 0.250. The van der Waals surface area contributed by atoms with E-state index in [0.29, 0.717) is 11.3 Å². The molecule has 1 aromatic carbocycles. The lowest BCUT2D eigenvalue weighted by atomic mass is 10.1. The Labute approximate surface area is 149 Å². The van der Waals surface area contributed by atoms with Gasteiger partial charge in [0, 0.05) is 17.3 Å². The highest BCUT2D eigenvalue weighted by molar-refractivity contribution is 6.30. The number of rotatable bonds is 3. The molecule has 0 saturated heterocycles. The third-order valence-electron chi connectivity index (χ3n) is 2.95. The molecule has 2 aromatic rings. The number of nitrogens with one attached hydrogen (secondary N) is 1. The first-order valence-corrected chi connectivity index (χ1v) is 7.65. The number of carbonyl (C=O) groups excluding carboxylic acids is 1. The van der Waals surface area contributed by atoms with Crippen LogP contribution in [-0.4, -0.2) is 21.6 Å². The molecule has 9 heteroatoms. The number of anilines is 2. The summed E-state index contributed by atoms with van der Waals surface area (Å²) in [6, 6.07) is 7.57. The van der Waals surface area contributed by atoms with Crippen molar-refractivity contribution in [2.75, 3.05) is 11.1 Å². The van der Waals surface area contributed by atoms with Gasteiger partial charge in [-0.25, -0.2) is 9.78 Å². The number of nitrogens with zero attached hydrogens (tertiary/aromatic N) is 2. The molecule has 1 amide bonds. The smallest absolute Gasteiger partial charge is 0.412 e. The van der Waals surface area contributed by atoms with Crippen molar-refractivity contribution in [2.45, 2.75) is 26.4 Å². The van der Waals surface area contributed by atoms with Crippen LogP contribution in [0.25, 0.3) is 11.3 Å². The molecule has 0 atom stereocenters. The summed E-state index contributed by atoms with van der Waals surface area (Å²) in [7, 11) is 0. The molecule has 0 unspecified atom stereocenters. The number of nitro groups is 1. The van der Waals surface area contributed by atoms with Gasteiger partial charge in [0.25, 0.3) is 0 Å². The molecular formula is C16H17ClN4O4. The standard InChI is InChI=1S/C16H17ClN4O4/c1-16(2,3)25-15(22)19-10-6-4-5-9(7-10)13-14(21(23)24)11(18)8-12(17)20-13/h4-8H,1-3H3,(H2,18,20)(H,19,22). The quantitative estimate of drug-likeness (QED) is 0.477. The molecule has 3 N–H and O–H groups in total. The van der Waals surface area contributed by atoms with Gasteiger partial charge in [-0.2, -0.15) is 0 Å². The van der Waals surface area contributed by atoms with Crippen molar-refractivity contribution >= 4 is 34.8 Å². The van der Waals surface area contributed by atoms with Crippen molar-refractivity contribution in [1.29, 1.82) is 0 Å². The van der Waals surface area contributed by atoms with E-state index in [0.717, 1.165) is 0 Å². The topological polar surface area (TPSA) is 120 Å². The summed E-state index contributed by atoms with van der Waals surface area (Å²) in [5.41, 5.74) is 5.39. The predicted octanol–water partition coefficient (Wildman–Crippen LogP) is 4.24. The Morgan fingerprint density at radius 2 is 2.04 bits per heavy atom. The number of nitrogen functional groups attached to an aromatic ring is 1. The first-order chi connectivity index (χ1) is 11.6. The van der Waals surface area contributed by atoms with E-state index in [1.807, 2.05) is 0 Å². The van der Waals surface area contributed by atoms with Crippen LogP contribution in [0.2, 0.25) is 5.15 Å². The van der Waals surface area contributed by atoms with Crippen molar-refractivity contribution in [3.63, 3.8) is 0 Å². The number of halogens is 1. The van der Waals surface area contributed by atoms with E-state index in [9.17, 15) is 14.9 Å². The van der Waals surface area contributed by atoms with Gasteiger partial charge >= 0.3 is 11.8 Å². The van der Waals surface area contributed by atoms with E-state index in [1.54, 1.807) is 39.0 Å². The van der Waals surface area contributed by atoms with Crippen LogP contribution in [0.3, 0.4) is 0 Å². The summed E-state index contributed by atoms with van der Waals surface area (Å²) in [6.07, 6.45) is -0.641. The number of amides is 1. The van der Waals surface area contributed by atoms with E-state index < -0.39 is 16.6 Å². The third-order valence-corrected chi connectivity index (χ3v) is 3.15. The van der Waals surface area contributed by atoms with Gasteiger partial charge in [-0.3, -0.25) is 15.4 Å². The van der Waals surface area contributed by atoms with Gasteiger partial charge in [0.1, 0.15) is 16.4 Å². The minimum absolute atomic E-state index is 0.0165. The van der Waals surface area contributed by atoms with Gasteiger partial charge in [0.05, 0.1) is 4.92 Å². The highest BCUT2D eigenvalue weighted by atomic mass is 35.5. The average molecular weight is 365 g/mol. The number of pyridine rings is 1. The number of nitrogens with two attached hydrogens (primary N) is 1. The SMILES string of the molecule is CC(C)(C)OC(=O)Nc1cccc(-c2nc(Cl)cc(N)c2[N+](=O)[O-])c1. The Kier molecular flexibility index (Phi) is 5.13. The van der Waals surface area contributed by atoms with Gasteiger partial charge in [0.2, 0.25) is 0 Å². The maximum absolute atomic E-state index is 11.9. The van der Waals surface area contributed by atoms with Gasteiger partial charge in [-0.1, -0.05) is 23.7 Å². The predicted molar refractivity (Wildman–Crippen MR) is 95.6 cm³/mol. The Morgan fingerprint density at radius 3 is 2.64 bits per heavy atom. The summed E-state index contributed by atoms with van der Waals surface area (Å²) in [5.74, 6) is 0. The van der Waals surface area contributed by atoms with Crippen molar-refractivity contribution in [3.05, 3.63) is 45.6 Å². The first kappa shape index (κ1) is 18.5. The number of carbonyl (C=O) groups is 1. The van der Waals surface area contributed by atoms with E-state index in [4.69, 9.17) is 22.1 Å². The zero-order chi connectivity index (χ0) is 18.8. The minimum Gasteiger partial charge on any atom is -0.444 e. The average Bonchev–Trinajstić information content (AvgIpc) is 2.43. The first-order valence-electron chi connectivity index (χ1n) is 7.27. The Hall–Kier alpha value is -2.87. The summed E-state index contributed by atoms with van der Waals surface area (Å²) in [4.78, 5) is 26.5. The van der Waals surface area contributed by atoms with Crippen molar-refractivity contribution in [1.82, 2.24) is 4.98 Å². The lowest BCUT2D eigenvalue weighted by Gasteiger charge is -2.19.